The molecule has 0 aliphatic rings. The number of carbonyl (C=O) groups is 1. The average molecular weight is 171 g/mol. The molecule has 0 saturated carbocycles. The predicted molar refractivity (Wildman–Crippen MR) is 48.5 cm³/mol. The maximum absolute atomic E-state index is 11.2. The minimum atomic E-state index is 0.0144. The van der Waals surface area contributed by atoms with Crippen molar-refractivity contribution in [3.05, 3.63) is 0 Å². The number of Topliss-reactive ketones (excluding diaryl/α,β-unsaturated/α-hetero) is 1. The van der Waals surface area contributed by atoms with Crippen molar-refractivity contribution in [3.8, 4) is 0 Å². The van der Waals surface area contributed by atoms with Crippen LogP contribution in [0.15, 0.2) is 5.16 Å². The standard InChI is InChI=1S/C9H17NO2/c1-6(2)8(10-12)5-9(11)7(3)4/h6-7,12H,5H2,1-4H3/b10-8-. The molecule has 0 aliphatic carbocycles. The van der Waals surface area contributed by atoms with Gasteiger partial charge in [0.2, 0.25) is 0 Å². The second-order valence-corrected chi connectivity index (χ2v) is 3.54. The van der Waals surface area contributed by atoms with Crippen LogP contribution < -0.4 is 0 Å². The Morgan fingerprint density at radius 3 is 2.00 bits per heavy atom. The number of ketones is 1. The monoisotopic (exact) mass is 171 g/mol. The van der Waals surface area contributed by atoms with E-state index in [9.17, 15) is 4.79 Å². The van der Waals surface area contributed by atoms with E-state index in [-0.39, 0.29) is 24.0 Å². The third kappa shape index (κ3) is 3.51. The van der Waals surface area contributed by atoms with Crippen molar-refractivity contribution in [1.82, 2.24) is 0 Å². The van der Waals surface area contributed by atoms with Gasteiger partial charge in [0.1, 0.15) is 5.78 Å². The molecule has 0 atom stereocenters. The van der Waals surface area contributed by atoms with Crippen LogP contribution in [-0.2, 0) is 4.79 Å². The van der Waals surface area contributed by atoms with Gasteiger partial charge in [-0.2, -0.15) is 0 Å². The van der Waals surface area contributed by atoms with Crippen molar-refractivity contribution in [2.45, 2.75) is 34.1 Å². The van der Waals surface area contributed by atoms with E-state index in [2.05, 4.69) is 5.16 Å². The van der Waals surface area contributed by atoms with E-state index < -0.39 is 0 Å². The second kappa shape index (κ2) is 4.91. The predicted octanol–water partition coefficient (Wildman–Crippen LogP) is 2.09. The van der Waals surface area contributed by atoms with Crippen molar-refractivity contribution >= 4 is 11.5 Å². The Kier molecular flexibility index (Phi) is 4.55. The third-order valence-corrected chi connectivity index (χ3v) is 1.79. The summed E-state index contributed by atoms with van der Waals surface area (Å²) in [7, 11) is 0. The highest BCUT2D eigenvalue weighted by Crippen LogP contribution is 2.06. The lowest BCUT2D eigenvalue weighted by Gasteiger charge is -2.08. The zero-order valence-corrected chi connectivity index (χ0v) is 8.16. The van der Waals surface area contributed by atoms with Gasteiger partial charge in [0.15, 0.2) is 0 Å². The van der Waals surface area contributed by atoms with Gasteiger partial charge in [-0.1, -0.05) is 32.9 Å². The molecular formula is C9H17NO2. The number of rotatable bonds is 4. The molecule has 3 heteroatoms. The van der Waals surface area contributed by atoms with E-state index >= 15 is 0 Å². The summed E-state index contributed by atoms with van der Waals surface area (Å²) in [5.74, 6) is 0.273. The Balaban J connectivity index is 4.15. The number of nitrogens with zero attached hydrogens (tertiary/aromatic N) is 1. The minimum Gasteiger partial charge on any atom is -0.411 e. The van der Waals surface area contributed by atoms with E-state index in [1.165, 1.54) is 0 Å². The maximum Gasteiger partial charge on any atom is 0.141 e. The lowest BCUT2D eigenvalue weighted by molar-refractivity contribution is -0.120. The molecule has 70 valence electrons. The first kappa shape index (κ1) is 11.1. The van der Waals surface area contributed by atoms with Gasteiger partial charge in [0.25, 0.3) is 0 Å². The maximum atomic E-state index is 11.2. The lowest BCUT2D eigenvalue weighted by atomic mass is 9.98. The number of hydrogen-bond donors (Lipinski definition) is 1. The molecule has 0 bridgehead atoms. The molecule has 0 fully saturated rings. The fourth-order valence-corrected chi connectivity index (χ4v) is 0.738. The van der Waals surface area contributed by atoms with Gasteiger partial charge >= 0.3 is 0 Å². The smallest absolute Gasteiger partial charge is 0.141 e. The summed E-state index contributed by atoms with van der Waals surface area (Å²) in [6.45, 7) is 7.50. The SMILES string of the molecule is CC(C)C(=O)C/C(=N/O)C(C)C. The second-order valence-electron chi connectivity index (χ2n) is 3.54. The molecule has 0 aromatic carbocycles. The van der Waals surface area contributed by atoms with Gasteiger partial charge < -0.3 is 5.21 Å². The van der Waals surface area contributed by atoms with Crippen LogP contribution >= 0.6 is 0 Å². The highest BCUT2D eigenvalue weighted by atomic mass is 16.4. The van der Waals surface area contributed by atoms with Crippen molar-refractivity contribution < 1.29 is 10.0 Å². The van der Waals surface area contributed by atoms with Crippen LogP contribution in [0.4, 0.5) is 0 Å². The Morgan fingerprint density at radius 2 is 1.75 bits per heavy atom. The molecule has 0 spiro atoms. The van der Waals surface area contributed by atoms with Gasteiger partial charge in [-0.25, -0.2) is 0 Å². The summed E-state index contributed by atoms with van der Waals surface area (Å²) in [5, 5.41) is 11.7. The molecule has 0 unspecified atom stereocenters. The first-order valence-corrected chi connectivity index (χ1v) is 4.22. The van der Waals surface area contributed by atoms with Crippen molar-refractivity contribution in [1.29, 1.82) is 0 Å². The lowest BCUT2D eigenvalue weighted by Crippen LogP contribution is -2.17. The van der Waals surface area contributed by atoms with Crippen molar-refractivity contribution in [3.63, 3.8) is 0 Å². The third-order valence-electron chi connectivity index (χ3n) is 1.79. The highest BCUT2D eigenvalue weighted by Gasteiger charge is 2.14. The fraction of sp³-hybridized carbons (Fsp3) is 0.778. The Hall–Kier alpha value is -0.860. The molecule has 3 nitrogen and oxygen atoms in total. The van der Waals surface area contributed by atoms with Gasteiger partial charge in [-0.05, 0) is 5.92 Å². The molecule has 0 aliphatic heterocycles. The summed E-state index contributed by atoms with van der Waals surface area (Å²) in [4.78, 5) is 11.2. The molecular weight excluding hydrogens is 154 g/mol. The first-order chi connectivity index (χ1) is 5.49. The quantitative estimate of drug-likeness (QED) is 0.400. The zero-order chi connectivity index (χ0) is 9.72. The summed E-state index contributed by atoms with van der Waals surface area (Å²) in [6.07, 6.45) is 0.270. The average Bonchev–Trinajstić information content (AvgIpc) is 1.98. The van der Waals surface area contributed by atoms with Crippen LogP contribution in [0.3, 0.4) is 0 Å². The summed E-state index contributed by atoms with van der Waals surface area (Å²) >= 11 is 0. The van der Waals surface area contributed by atoms with Gasteiger partial charge in [-0.3, -0.25) is 4.79 Å². The Labute approximate surface area is 73.5 Å². The number of carbonyl (C=O) groups excluding carboxylic acids is 1. The molecule has 0 aromatic heterocycles. The molecule has 0 saturated heterocycles. The molecule has 0 radical (unpaired) electrons. The topological polar surface area (TPSA) is 49.7 Å². The van der Waals surface area contributed by atoms with E-state index in [4.69, 9.17) is 5.21 Å². The van der Waals surface area contributed by atoms with E-state index in [1.54, 1.807) is 0 Å². The van der Waals surface area contributed by atoms with Crippen molar-refractivity contribution in [2.75, 3.05) is 0 Å². The van der Waals surface area contributed by atoms with Crippen LogP contribution in [0, 0.1) is 11.8 Å². The highest BCUT2D eigenvalue weighted by molar-refractivity contribution is 6.03. The molecule has 0 amide bonds. The number of oxime groups is 1. The van der Waals surface area contributed by atoms with Crippen molar-refractivity contribution in [2.24, 2.45) is 17.0 Å². The fourth-order valence-electron chi connectivity index (χ4n) is 0.738. The van der Waals surface area contributed by atoms with Gasteiger partial charge in [0, 0.05) is 12.3 Å². The van der Waals surface area contributed by atoms with Crippen LogP contribution in [0.5, 0.6) is 0 Å². The molecule has 0 heterocycles. The summed E-state index contributed by atoms with van der Waals surface area (Å²) in [5.41, 5.74) is 0.564. The largest absolute Gasteiger partial charge is 0.411 e. The zero-order valence-electron chi connectivity index (χ0n) is 8.16. The molecule has 1 N–H and O–H groups in total. The van der Waals surface area contributed by atoms with Crippen LogP contribution in [-0.4, -0.2) is 16.7 Å². The minimum absolute atomic E-state index is 0.0144. The normalized spacial score (nSPS) is 12.7. The van der Waals surface area contributed by atoms with E-state index in [1.807, 2.05) is 27.7 Å². The molecule has 12 heavy (non-hydrogen) atoms. The van der Waals surface area contributed by atoms with Crippen LogP contribution in [0.1, 0.15) is 34.1 Å². The Bertz CT molecular complexity index is 183. The van der Waals surface area contributed by atoms with E-state index in [0.29, 0.717) is 5.71 Å². The van der Waals surface area contributed by atoms with E-state index in [0.717, 1.165) is 0 Å². The van der Waals surface area contributed by atoms with Gasteiger partial charge in [0.05, 0.1) is 5.71 Å². The van der Waals surface area contributed by atoms with Crippen LogP contribution in [0.25, 0.3) is 0 Å². The van der Waals surface area contributed by atoms with Gasteiger partial charge in [-0.15, -0.1) is 0 Å². The Morgan fingerprint density at radius 1 is 1.25 bits per heavy atom. The molecule has 0 rings (SSSR count). The first-order valence-electron chi connectivity index (χ1n) is 4.22. The molecule has 0 aromatic rings. The number of hydrogen-bond acceptors (Lipinski definition) is 3. The van der Waals surface area contributed by atoms with Crippen LogP contribution in [0.2, 0.25) is 0 Å². The summed E-state index contributed by atoms with van der Waals surface area (Å²) < 4.78 is 0. The summed E-state index contributed by atoms with van der Waals surface area (Å²) in [6, 6.07) is 0.